The van der Waals surface area contributed by atoms with Crippen LogP contribution in [-0.2, 0) is 12.7 Å². The molecular weight excluding hydrogens is 339 g/mol. The fourth-order valence-corrected chi connectivity index (χ4v) is 2.59. The molecule has 0 bridgehead atoms. The van der Waals surface area contributed by atoms with Gasteiger partial charge in [0.1, 0.15) is 0 Å². The van der Waals surface area contributed by atoms with Gasteiger partial charge in [-0.1, -0.05) is 42.0 Å². The van der Waals surface area contributed by atoms with Gasteiger partial charge in [0.25, 0.3) is 0 Å². The number of benzene rings is 2. The first-order valence-electron chi connectivity index (χ1n) is 8.14. The second kappa shape index (κ2) is 7.15. The van der Waals surface area contributed by atoms with Crippen LogP contribution in [-0.4, -0.2) is 10.2 Å². The number of nitrogens with one attached hydrogen (secondary N) is 1. The van der Waals surface area contributed by atoms with Crippen LogP contribution in [0.15, 0.2) is 54.6 Å². The first-order valence-corrected chi connectivity index (χ1v) is 8.14. The molecule has 0 aliphatic heterocycles. The summed E-state index contributed by atoms with van der Waals surface area (Å²) < 4.78 is 39.1. The van der Waals surface area contributed by atoms with Crippen LogP contribution < -0.4 is 5.32 Å². The Morgan fingerprint density at radius 3 is 2.35 bits per heavy atom. The molecule has 0 saturated heterocycles. The lowest BCUT2D eigenvalue weighted by atomic mass is 10.0. The second-order valence-corrected chi connectivity index (χ2v) is 6.17. The number of aromatic nitrogens is 2. The number of rotatable bonds is 4. The van der Waals surface area contributed by atoms with Gasteiger partial charge in [-0.25, -0.2) is 0 Å². The summed E-state index contributed by atoms with van der Waals surface area (Å²) in [6.07, 6.45) is -4.39. The van der Waals surface area contributed by atoms with Gasteiger partial charge in [0.2, 0.25) is 0 Å². The number of hydrogen-bond acceptors (Lipinski definition) is 3. The molecule has 3 aromatic rings. The molecule has 3 nitrogen and oxygen atoms in total. The van der Waals surface area contributed by atoms with Crippen molar-refractivity contribution in [3.8, 4) is 11.1 Å². The zero-order valence-electron chi connectivity index (χ0n) is 14.4. The number of anilines is 1. The number of nitrogens with zero attached hydrogens (tertiary/aromatic N) is 2. The molecular formula is C20H18F3N3. The van der Waals surface area contributed by atoms with Crippen molar-refractivity contribution < 1.29 is 13.2 Å². The largest absolute Gasteiger partial charge is 0.416 e. The molecule has 6 heteroatoms. The minimum atomic E-state index is -4.39. The van der Waals surface area contributed by atoms with Crippen molar-refractivity contribution in [3.05, 3.63) is 77.0 Å². The molecule has 1 aromatic heterocycles. The number of halogens is 3. The van der Waals surface area contributed by atoms with Gasteiger partial charge in [-0.15, -0.1) is 5.10 Å². The molecule has 1 heterocycles. The summed E-state index contributed by atoms with van der Waals surface area (Å²) in [4.78, 5) is 0. The lowest BCUT2D eigenvalue weighted by molar-refractivity contribution is -0.137. The third kappa shape index (κ3) is 4.20. The van der Waals surface area contributed by atoms with Crippen molar-refractivity contribution in [2.24, 2.45) is 0 Å². The minimum Gasteiger partial charge on any atom is -0.364 e. The maximum absolute atomic E-state index is 13.0. The highest BCUT2D eigenvalue weighted by Crippen LogP contribution is 2.34. The highest BCUT2D eigenvalue weighted by Gasteiger charge is 2.30. The van der Waals surface area contributed by atoms with Crippen LogP contribution in [0.1, 0.15) is 22.4 Å². The van der Waals surface area contributed by atoms with Crippen molar-refractivity contribution in [1.82, 2.24) is 10.2 Å². The zero-order valence-corrected chi connectivity index (χ0v) is 14.4. The van der Waals surface area contributed by atoms with Crippen LogP contribution in [0.5, 0.6) is 0 Å². The zero-order chi connectivity index (χ0) is 18.7. The Bertz CT molecular complexity index is 903. The first-order chi connectivity index (χ1) is 12.3. The summed E-state index contributed by atoms with van der Waals surface area (Å²) >= 11 is 0. The Morgan fingerprint density at radius 1 is 0.923 bits per heavy atom. The van der Waals surface area contributed by atoms with E-state index in [4.69, 9.17) is 0 Å². The molecule has 0 aliphatic carbocycles. The average Bonchev–Trinajstić information content (AvgIpc) is 2.61. The molecule has 0 aliphatic rings. The van der Waals surface area contributed by atoms with Crippen LogP contribution in [0.3, 0.4) is 0 Å². The average molecular weight is 357 g/mol. The summed E-state index contributed by atoms with van der Waals surface area (Å²) in [5.41, 5.74) is 3.20. The molecule has 26 heavy (non-hydrogen) atoms. The standard InChI is InChI=1S/C20H18F3N3/c1-13-6-8-15(9-7-13)12-24-19-18(10-14(2)25-26-19)16-4-3-5-17(11-16)20(21,22)23/h3-11H,12H2,1-2H3,(H,24,26). The molecule has 3 rings (SSSR count). The topological polar surface area (TPSA) is 37.8 Å². The van der Waals surface area contributed by atoms with Crippen molar-refractivity contribution >= 4 is 5.82 Å². The molecule has 1 N–H and O–H groups in total. The second-order valence-electron chi connectivity index (χ2n) is 6.17. The van der Waals surface area contributed by atoms with Gasteiger partial charge < -0.3 is 5.32 Å². The smallest absolute Gasteiger partial charge is 0.364 e. The van der Waals surface area contributed by atoms with E-state index in [9.17, 15) is 13.2 Å². The van der Waals surface area contributed by atoms with Crippen LogP contribution in [0, 0.1) is 13.8 Å². The normalized spacial score (nSPS) is 11.4. The summed E-state index contributed by atoms with van der Waals surface area (Å²) in [6, 6.07) is 15.0. The molecule has 0 radical (unpaired) electrons. The van der Waals surface area contributed by atoms with Crippen LogP contribution in [0.25, 0.3) is 11.1 Å². The maximum atomic E-state index is 13.0. The van der Waals surface area contributed by atoms with E-state index in [-0.39, 0.29) is 0 Å². The fourth-order valence-electron chi connectivity index (χ4n) is 2.59. The van der Waals surface area contributed by atoms with E-state index in [1.165, 1.54) is 6.07 Å². The van der Waals surface area contributed by atoms with E-state index in [2.05, 4.69) is 15.5 Å². The van der Waals surface area contributed by atoms with E-state index in [0.29, 0.717) is 29.2 Å². The summed E-state index contributed by atoms with van der Waals surface area (Å²) in [7, 11) is 0. The van der Waals surface area contributed by atoms with Gasteiger partial charge in [0.15, 0.2) is 5.82 Å². The van der Waals surface area contributed by atoms with Gasteiger partial charge in [0.05, 0.1) is 11.3 Å². The van der Waals surface area contributed by atoms with E-state index >= 15 is 0 Å². The molecule has 0 spiro atoms. The molecule has 0 atom stereocenters. The Morgan fingerprint density at radius 2 is 1.65 bits per heavy atom. The monoisotopic (exact) mass is 357 g/mol. The van der Waals surface area contributed by atoms with Crippen molar-refractivity contribution in [2.75, 3.05) is 5.32 Å². The van der Waals surface area contributed by atoms with Gasteiger partial charge in [0, 0.05) is 12.1 Å². The highest BCUT2D eigenvalue weighted by molar-refractivity contribution is 5.75. The summed E-state index contributed by atoms with van der Waals surface area (Å²) in [5.74, 6) is 0.454. The van der Waals surface area contributed by atoms with Crippen LogP contribution in [0.4, 0.5) is 19.0 Å². The Hall–Kier alpha value is -2.89. The maximum Gasteiger partial charge on any atom is 0.416 e. The number of alkyl halides is 3. The van der Waals surface area contributed by atoms with Crippen LogP contribution >= 0.6 is 0 Å². The molecule has 0 unspecified atom stereocenters. The van der Waals surface area contributed by atoms with E-state index in [1.807, 2.05) is 31.2 Å². The number of aryl methyl sites for hydroxylation is 2. The van der Waals surface area contributed by atoms with E-state index < -0.39 is 11.7 Å². The van der Waals surface area contributed by atoms with Crippen molar-refractivity contribution in [2.45, 2.75) is 26.6 Å². The molecule has 2 aromatic carbocycles. The lowest BCUT2D eigenvalue weighted by Gasteiger charge is -2.13. The van der Waals surface area contributed by atoms with E-state index in [0.717, 1.165) is 23.3 Å². The summed E-state index contributed by atoms with van der Waals surface area (Å²) in [5, 5.41) is 11.3. The van der Waals surface area contributed by atoms with E-state index in [1.54, 1.807) is 19.1 Å². The molecule has 0 saturated carbocycles. The van der Waals surface area contributed by atoms with Gasteiger partial charge in [-0.05, 0) is 43.2 Å². The van der Waals surface area contributed by atoms with Gasteiger partial charge in [-0.2, -0.15) is 18.3 Å². The van der Waals surface area contributed by atoms with Crippen molar-refractivity contribution in [3.63, 3.8) is 0 Å². The predicted octanol–water partition coefficient (Wildman–Crippen LogP) is 5.39. The van der Waals surface area contributed by atoms with Crippen molar-refractivity contribution in [1.29, 1.82) is 0 Å². The predicted molar refractivity (Wildman–Crippen MR) is 95.7 cm³/mol. The minimum absolute atomic E-state index is 0.448. The Labute approximate surface area is 149 Å². The third-order valence-corrected chi connectivity index (χ3v) is 4.00. The number of hydrogen-bond donors (Lipinski definition) is 1. The quantitative estimate of drug-likeness (QED) is 0.680. The molecule has 0 amide bonds. The lowest BCUT2D eigenvalue weighted by Crippen LogP contribution is -2.07. The SMILES string of the molecule is Cc1ccc(CNc2nnc(C)cc2-c2cccc(C(F)(F)F)c2)cc1. The van der Waals surface area contributed by atoms with Gasteiger partial charge in [-0.3, -0.25) is 0 Å². The fraction of sp³-hybridized carbons (Fsp3) is 0.200. The highest BCUT2D eigenvalue weighted by atomic mass is 19.4. The van der Waals surface area contributed by atoms with Gasteiger partial charge >= 0.3 is 6.18 Å². The molecule has 134 valence electrons. The van der Waals surface area contributed by atoms with Crippen LogP contribution in [0.2, 0.25) is 0 Å². The Kier molecular flexibility index (Phi) is 4.93. The third-order valence-electron chi connectivity index (χ3n) is 4.00. The first kappa shape index (κ1) is 17.9. The summed E-state index contributed by atoms with van der Waals surface area (Å²) in [6.45, 7) is 4.27. The molecule has 0 fully saturated rings. The Balaban J connectivity index is 1.92.